The van der Waals surface area contributed by atoms with Gasteiger partial charge >= 0.3 is 0 Å². The molecule has 2 aromatic rings. The zero-order valence-corrected chi connectivity index (χ0v) is 12.7. The number of aryl methyl sites for hydroxylation is 2. The van der Waals surface area contributed by atoms with Crippen molar-refractivity contribution in [3.05, 3.63) is 47.3 Å². The molecule has 0 saturated carbocycles. The largest absolute Gasteiger partial charge is 0.494 e. The zero-order valence-electron chi connectivity index (χ0n) is 12.7. The molecule has 0 amide bonds. The summed E-state index contributed by atoms with van der Waals surface area (Å²) in [5.41, 5.74) is 3.39. The number of benzene rings is 1. The smallest absolute Gasteiger partial charge is 0.119 e. The summed E-state index contributed by atoms with van der Waals surface area (Å²) in [6.07, 6.45) is 0. The van der Waals surface area contributed by atoms with E-state index in [2.05, 4.69) is 35.5 Å². The molecule has 0 bridgehead atoms. The van der Waals surface area contributed by atoms with Crippen LogP contribution in [0, 0.1) is 6.92 Å². The van der Waals surface area contributed by atoms with E-state index in [1.807, 2.05) is 37.7 Å². The van der Waals surface area contributed by atoms with Crippen LogP contribution in [-0.4, -0.2) is 22.9 Å². The van der Waals surface area contributed by atoms with Crippen LogP contribution in [0.1, 0.15) is 36.8 Å². The third-order valence-corrected chi connectivity index (χ3v) is 3.24. The van der Waals surface area contributed by atoms with Crippen molar-refractivity contribution in [3.63, 3.8) is 0 Å². The summed E-state index contributed by atoms with van der Waals surface area (Å²) in [7, 11) is 1.99. The summed E-state index contributed by atoms with van der Waals surface area (Å²) in [4.78, 5) is 0. The highest BCUT2D eigenvalue weighted by Crippen LogP contribution is 2.25. The number of ether oxygens (including phenoxy) is 1. The molecule has 0 fully saturated rings. The lowest BCUT2D eigenvalue weighted by Gasteiger charge is -2.19. The van der Waals surface area contributed by atoms with Crippen molar-refractivity contribution in [2.45, 2.75) is 26.8 Å². The van der Waals surface area contributed by atoms with Gasteiger partial charge in [-0.2, -0.15) is 5.10 Å². The molecule has 0 aliphatic heterocycles. The molecule has 0 saturated heterocycles. The van der Waals surface area contributed by atoms with Gasteiger partial charge < -0.3 is 10.1 Å². The Morgan fingerprint density at radius 3 is 2.70 bits per heavy atom. The van der Waals surface area contributed by atoms with Crippen LogP contribution in [0.15, 0.2) is 30.3 Å². The van der Waals surface area contributed by atoms with Crippen molar-refractivity contribution < 1.29 is 4.74 Å². The molecule has 0 spiro atoms. The van der Waals surface area contributed by atoms with E-state index in [0.29, 0.717) is 6.61 Å². The molecule has 108 valence electrons. The van der Waals surface area contributed by atoms with Gasteiger partial charge in [-0.15, -0.1) is 0 Å². The standard InChI is InChI=1S/C16H23N3O/c1-5-17-16(15-10-12(3)18-19(15)4)13-8-7-9-14(11-13)20-6-2/h7-11,16-17H,5-6H2,1-4H3. The van der Waals surface area contributed by atoms with Crippen molar-refractivity contribution in [2.24, 2.45) is 7.05 Å². The van der Waals surface area contributed by atoms with E-state index in [1.54, 1.807) is 0 Å². The second-order valence-corrected chi connectivity index (χ2v) is 4.83. The lowest BCUT2D eigenvalue weighted by Crippen LogP contribution is -2.24. The maximum Gasteiger partial charge on any atom is 0.119 e. The van der Waals surface area contributed by atoms with Crippen LogP contribution in [0.2, 0.25) is 0 Å². The summed E-state index contributed by atoms with van der Waals surface area (Å²) in [6, 6.07) is 10.5. The van der Waals surface area contributed by atoms with E-state index in [-0.39, 0.29) is 6.04 Å². The van der Waals surface area contributed by atoms with Gasteiger partial charge in [0, 0.05) is 7.05 Å². The molecule has 1 aromatic heterocycles. The Kier molecular flexibility index (Phi) is 4.79. The molecule has 0 aliphatic carbocycles. The van der Waals surface area contributed by atoms with Crippen LogP contribution in [0.4, 0.5) is 0 Å². The normalized spacial score (nSPS) is 12.4. The summed E-state index contributed by atoms with van der Waals surface area (Å²) in [6.45, 7) is 7.71. The van der Waals surface area contributed by atoms with E-state index in [0.717, 1.165) is 23.7 Å². The maximum atomic E-state index is 5.60. The minimum atomic E-state index is 0.131. The highest BCUT2D eigenvalue weighted by atomic mass is 16.5. The summed E-state index contributed by atoms with van der Waals surface area (Å²) in [5.74, 6) is 0.909. The molecule has 1 heterocycles. The van der Waals surface area contributed by atoms with Crippen molar-refractivity contribution >= 4 is 0 Å². The van der Waals surface area contributed by atoms with Crippen LogP contribution in [0.25, 0.3) is 0 Å². The first-order valence-electron chi connectivity index (χ1n) is 7.12. The molecule has 20 heavy (non-hydrogen) atoms. The van der Waals surface area contributed by atoms with Crippen molar-refractivity contribution in [1.29, 1.82) is 0 Å². The fraction of sp³-hybridized carbons (Fsp3) is 0.438. The number of nitrogens with one attached hydrogen (secondary N) is 1. The first kappa shape index (κ1) is 14.6. The minimum absolute atomic E-state index is 0.131. The lowest BCUT2D eigenvalue weighted by molar-refractivity contribution is 0.339. The van der Waals surface area contributed by atoms with Gasteiger partial charge in [-0.25, -0.2) is 0 Å². The number of rotatable bonds is 6. The Hall–Kier alpha value is -1.81. The van der Waals surface area contributed by atoms with E-state index in [9.17, 15) is 0 Å². The van der Waals surface area contributed by atoms with Crippen molar-refractivity contribution in [1.82, 2.24) is 15.1 Å². The third-order valence-electron chi connectivity index (χ3n) is 3.24. The summed E-state index contributed by atoms with van der Waals surface area (Å²) in [5, 5.41) is 7.97. The fourth-order valence-electron chi connectivity index (χ4n) is 2.45. The topological polar surface area (TPSA) is 39.1 Å². The highest BCUT2D eigenvalue weighted by Gasteiger charge is 2.17. The predicted molar refractivity (Wildman–Crippen MR) is 81.1 cm³/mol. The Bertz CT molecular complexity index is 563. The molecule has 0 aliphatic rings. The molecule has 4 nitrogen and oxygen atoms in total. The minimum Gasteiger partial charge on any atom is -0.494 e. The summed E-state index contributed by atoms with van der Waals surface area (Å²) >= 11 is 0. The van der Waals surface area contributed by atoms with E-state index in [1.165, 1.54) is 5.56 Å². The number of hydrogen-bond acceptors (Lipinski definition) is 3. The Morgan fingerprint density at radius 1 is 1.30 bits per heavy atom. The van der Waals surface area contributed by atoms with Crippen LogP contribution in [0.3, 0.4) is 0 Å². The molecule has 1 N–H and O–H groups in total. The first-order valence-corrected chi connectivity index (χ1v) is 7.12. The number of aromatic nitrogens is 2. The molecule has 1 atom stereocenters. The van der Waals surface area contributed by atoms with Gasteiger partial charge in [-0.05, 0) is 44.2 Å². The van der Waals surface area contributed by atoms with Gasteiger partial charge in [0.25, 0.3) is 0 Å². The SMILES string of the molecule is CCNC(c1cccc(OCC)c1)c1cc(C)nn1C. The van der Waals surface area contributed by atoms with Crippen LogP contribution in [-0.2, 0) is 7.05 Å². The average molecular weight is 273 g/mol. The predicted octanol–water partition coefficient (Wildman–Crippen LogP) is 2.83. The molecular formula is C16H23N3O. The van der Waals surface area contributed by atoms with Crippen molar-refractivity contribution in [3.8, 4) is 5.75 Å². The van der Waals surface area contributed by atoms with Gasteiger partial charge in [-0.1, -0.05) is 19.1 Å². The van der Waals surface area contributed by atoms with E-state index in [4.69, 9.17) is 4.74 Å². The van der Waals surface area contributed by atoms with E-state index >= 15 is 0 Å². The lowest BCUT2D eigenvalue weighted by atomic mass is 10.0. The van der Waals surface area contributed by atoms with Crippen LogP contribution < -0.4 is 10.1 Å². The third kappa shape index (κ3) is 3.20. The Morgan fingerprint density at radius 2 is 2.10 bits per heavy atom. The second kappa shape index (κ2) is 6.57. The molecule has 4 heteroatoms. The molecule has 0 radical (unpaired) electrons. The first-order chi connectivity index (χ1) is 9.65. The Labute approximate surface area is 120 Å². The number of hydrogen-bond donors (Lipinski definition) is 1. The van der Waals surface area contributed by atoms with Crippen molar-refractivity contribution in [2.75, 3.05) is 13.2 Å². The average Bonchev–Trinajstić information content (AvgIpc) is 2.75. The van der Waals surface area contributed by atoms with Gasteiger partial charge in [0.2, 0.25) is 0 Å². The maximum absolute atomic E-state index is 5.60. The van der Waals surface area contributed by atoms with Gasteiger partial charge in [0.05, 0.1) is 24.0 Å². The second-order valence-electron chi connectivity index (χ2n) is 4.83. The van der Waals surface area contributed by atoms with Gasteiger partial charge in [0.15, 0.2) is 0 Å². The van der Waals surface area contributed by atoms with Crippen LogP contribution >= 0.6 is 0 Å². The molecule has 1 aromatic carbocycles. The number of nitrogens with zero attached hydrogens (tertiary/aromatic N) is 2. The summed E-state index contributed by atoms with van der Waals surface area (Å²) < 4.78 is 7.54. The zero-order chi connectivity index (χ0) is 14.5. The quantitative estimate of drug-likeness (QED) is 0.879. The highest BCUT2D eigenvalue weighted by molar-refractivity contribution is 5.35. The van der Waals surface area contributed by atoms with Gasteiger partial charge in [-0.3, -0.25) is 4.68 Å². The molecule has 2 rings (SSSR count). The molecular weight excluding hydrogens is 250 g/mol. The molecule has 1 unspecified atom stereocenters. The monoisotopic (exact) mass is 273 g/mol. The Balaban J connectivity index is 2.37. The van der Waals surface area contributed by atoms with Crippen LogP contribution in [0.5, 0.6) is 5.75 Å². The fourth-order valence-corrected chi connectivity index (χ4v) is 2.45. The van der Waals surface area contributed by atoms with Gasteiger partial charge in [0.1, 0.15) is 5.75 Å². The van der Waals surface area contributed by atoms with E-state index < -0.39 is 0 Å².